The Morgan fingerprint density at radius 2 is 2.11 bits per heavy atom. The molecule has 0 spiro atoms. The number of carbonyl (C=O) groups is 1. The molecule has 184 valence electrons. The highest BCUT2D eigenvalue weighted by atomic mass is 32.2. The van der Waals surface area contributed by atoms with Gasteiger partial charge in [-0.05, 0) is 25.8 Å². The third-order valence-electron chi connectivity index (χ3n) is 5.57. The second kappa shape index (κ2) is 9.79. The molecule has 35 heavy (non-hydrogen) atoms. The van der Waals surface area contributed by atoms with Crippen LogP contribution < -0.4 is 14.8 Å². The van der Waals surface area contributed by atoms with Gasteiger partial charge in [0.1, 0.15) is 5.69 Å². The molecule has 1 saturated carbocycles. The molecular weight excluding hydrogens is 492 g/mol. The number of thiazole rings is 1. The molecule has 12 nitrogen and oxygen atoms in total. The summed E-state index contributed by atoms with van der Waals surface area (Å²) in [5.41, 5.74) is 1.12. The lowest BCUT2D eigenvalue weighted by atomic mass is 10.1. The smallest absolute Gasteiger partial charge is 0.283 e. The van der Waals surface area contributed by atoms with E-state index in [1.807, 2.05) is 6.92 Å². The highest BCUT2D eigenvalue weighted by Gasteiger charge is 2.37. The molecule has 0 radical (unpaired) electrons. The summed E-state index contributed by atoms with van der Waals surface area (Å²) in [7, 11) is -3.49. The van der Waals surface area contributed by atoms with Gasteiger partial charge >= 0.3 is 0 Å². The van der Waals surface area contributed by atoms with Crippen molar-refractivity contribution < 1.29 is 17.9 Å². The fourth-order valence-corrected chi connectivity index (χ4v) is 5.81. The molecule has 5 rings (SSSR count). The van der Waals surface area contributed by atoms with Crippen molar-refractivity contribution in [2.75, 3.05) is 31.0 Å². The number of nitrogens with one attached hydrogen (secondary N) is 2. The van der Waals surface area contributed by atoms with E-state index in [9.17, 15) is 13.2 Å². The van der Waals surface area contributed by atoms with Crippen molar-refractivity contribution in [2.24, 2.45) is 0 Å². The van der Waals surface area contributed by atoms with Crippen LogP contribution in [-0.4, -0.2) is 75.6 Å². The van der Waals surface area contributed by atoms with Crippen molar-refractivity contribution in [3.05, 3.63) is 41.6 Å². The van der Waals surface area contributed by atoms with Crippen LogP contribution in [0.15, 0.2) is 30.9 Å². The number of sulfonamides is 1. The summed E-state index contributed by atoms with van der Waals surface area (Å²) in [4.78, 5) is 37.2. The van der Waals surface area contributed by atoms with Crippen molar-refractivity contribution in [3.8, 4) is 16.5 Å². The minimum atomic E-state index is -3.49. The summed E-state index contributed by atoms with van der Waals surface area (Å²) in [6.07, 6.45) is 7.51. The van der Waals surface area contributed by atoms with Gasteiger partial charge in [0.25, 0.3) is 5.91 Å². The summed E-state index contributed by atoms with van der Waals surface area (Å²) >= 11 is 1.23. The maximum Gasteiger partial charge on any atom is 0.283 e. The SMILES string of the molecule is CCOc1cncc(-c2cnc(C(=O)N3CCNC[C@@H]3c3ccnc(NS(=O)(=O)C4CC4)n3)s2)n1. The lowest BCUT2D eigenvalue weighted by molar-refractivity contribution is 0.0629. The maximum absolute atomic E-state index is 13.4. The third kappa shape index (κ3) is 5.23. The lowest BCUT2D eigenvalue weighted by Crippen LogP contribution is -2.49. The molecule has 0 bridgehead atoms. The van der Waals surface area contributed by atoms with E-state index >= 15 is 0 Å². The Bertz CT molecular complexity index is 1330. The van der Waals surface area contributed by atoms with E-state index in [1.165, 1.54) is 23.7 Å². The first-order valence-corrected chi connectivity index (χ1v) is 13.6. The van der Waals surface area contributed by atoms with E-state index in [0.717, 1.165) is 0 Å². The predicted octanol–water partition coefficient (Wildman–Crippen LogP) is 1.48. The van der Waals surface area contributed by atoms with E-state index in [1.54, 1.807) is 23.4 Å². The van der Waals surface area contributed by atoms with Crippen LogP contribution in [0.2, 0.25) is 0 Å². The minimum Gasteiger partial charge on any atom is -0.477 e. The number of anilines is 1. The number of hydrogen-bond acceptors (Lipinski definition) is 11. The van der Waals surface area contributed by atoms with Gasteiger partial charge in [0.2, 0.25) is 21.9 Å². The molecule has 1 aliphatic heterocycles. The van der Waals surface area contributed by atoms with Gasteiger partial charge in [-0.25, -0.2) is 28.4 Å². The zero-order valence-corrected chi connectivity index (χ0v) is 20.5. The van der Waals surface area contributed by atoms with Gasteiger partial charge in [0.15, 0.2) is 5.01 Å². The van der Waals surface area contributed by atoms with Crippen molar-refractivity contribution in [1.82, 2.24) is 35.1 Å². The number of rotatable bonds is 8. The molecule has 0 aromatic carbocycles. The monoisotopic (exact) mass is 516 g/mol. The molecule has 1 saturated heterocycles. The van der Waals surface area contributed by atoms with Crippen LogP contribution in [0, 0.1) is 0 Å². The Balaban J connectivity index is 1.36. The van der Waals surface area contributed by atoms with Crippen LogP contribution >= 0.6 is 11.3 Å². The van der Waals surface area contributed by atoms with Crippen LogP contribution in [0.3, 0.4) is 0 Å². The average molecular weight is 517 g/mol. The number of piperazine rings is 1. The summed E-state index contributed by atoms with van der Waals surface area (Å²) in [6.45, 7) is 3.88. The molecule has 1 atom stereocenters. The molecular formula is C21H24N8O4S2. The Labute approximate surface area is 206 Å². The van der Waals surface area contributed by atoms with Crippen LogP contribution in [0.5, 0.6) is 5.88 Å². The number of ether oxygens (including phenoxy) is 1. The van der Waals surface area contributed by atoms with Crippen molar-refractivity contribution >= 4 is 33.2 Å². The van der Waals surface area contributed by atoms with Crippen LogP contribution in [-0.2, 0) is 10.0 Å². The van der Waals surface area contributed by atoms with Gasteiger partial charge in [-0.15, -0.1) is 11.3 Å². The van der Waals surface area contributed by atoms with E-state index in [-0.39, 0.29) is 17.1 Å². The van der Waals surface area contributed by atoms with Gasteiger partial charge in [-0.1, -0.05) is 0 Å². The third-order valence-corrected chi connectivity index (χ3v) is 8.39. The Hall–Kier alpha value is -3.23. The second-order valence-corrected chi connectivity index (χ2v) is 11.1. The Morgan fingerprint density at radius 3 is 2.91 bits per heavy atom. The van der Waals surface area contributed by atoms with E-state index in [2.05, 4.69) is 35.0 Å². The van der Waals surface area contributed by atoms with E-state index in [0.29, 0.717) is 66.2 Å². The zero-order chi connectivity index (χ0) is 24.4. The van der Waals surface area contributed by atoms with Crippen LogP contribution in [0.4, 0.5) is 5.95 Å². The van der Waals surface area contributed by atoms with Gasteiger partial charge in [0, 0.05) is 32.0 Å². The van der Waals surface area contributed by atoms with Crippen LogP contribution in [0.1, 0.15) is 41.3 Å². The Kier molecular flexibility index (Phi) is 6.58. The van der Waals surface area contributed by atoms with Crippen molar-refractivity contribution in [3.63, 3.8) is 0 Å². The molecule has 2 fully saturated rings. The van der Waals surface area contributed by atoms with Gasteiger partial charge < -0.3 is 15.0 Å². The number of amides is 1. The van der Waals surface area contributed by atoms with E-state index < -0.39 is 16.1 Å². The molecule has 14 heteroatoms. The largest absolute Gasteiger partial charge is 0.477 e. The Morgan fingerprint density at radius 1 is 1.26 bits per heavy atom. The first kappa shape index (κ1) is 23.5. The lowest BCUT2D eigenvalue weighted by Gasteiger charge is -2.35. The van der Waals surface area contributed by atoms with Crippen molar-refractivity contribution in [1.29, 1.82) is 0 Å². The summed E-state index contributed by atoms with van der Waals surface area (Å²) in [5.74, 6) is 0.183. The second-order valence-electron chi connectivity index (χ2n) is 8.08. The van der Waals surface area contributed by atoms with Gasteiger partial charge in [-0.3, -0.25) is 14.5 Å². The maximum atomic E-state index is 13.4. The van der Waals surface area contributed by atoms with Crippen molar-refractivity contribution in [2.45, 2.75) is 31.1 Å². The number of hydrogen-bond donors (Lipinski definition) is 2. The number of carbonyl (C=O) groups excluding carboxylic acids is 1. The standard InChI is InChI=1S/C21H24N8O4S2/c1-2-33-18-12-23-9-15(26-18)17-11-25-19(34-17)20(30)29-8-7-22-10-16(29)14-5-6-24-21(27-14)28-35(31,32)13-3-4-13/h5-6,9,11-13,16,22H,2-4,7-8,10H2,1H3,(H,24,27,28)/t16-/m1/s1. The summed E-state index contributed by atoms with van der Waals surface area (Å²) in [6, 6.07) is 1.28. The topological polar surface area (TPSA) is 152 Å². The molecule has 4 heterocycles. The number of aromatic nitrogens is 5. The molecule has 0 unspecified atom stereocenters. The highest BCUT2D eigenvalue weighted by Crippen LogP contribution is 2.31. The molecule has 1 aliphatic carbocycles. The first-order valence-electron chi connectivity index (χ1n) is 11.2. The highest BCUT2D eigenvalue weighted by molar-refractivity contribution is 7.93. The molecule has 3 aromatic rings. The average Bonchev–Trinajstić information content (AvgIpc) is 3.62. The molecule has 1 amide bonds. The normalized spacial score (nSPS) is 18.3. The van der Waals surface area contributed by atoms with Gasteiger partial charge in [0.05, 0.1) is 40.9 Å². The predicted molar refractivity (Wildman–Crippen MR) is 129 cm³/mol. The van der Waals surface area contributed by atoms with Gasteiger partial charge in [-0.2, -0.15) is 0 Å². The molecule has 2 N–H and O–H groups in total. The fraction of sp³-hybridized carbons (Fsp3) is 0.429. The van der Waals surface area contributed by atoms with Crippen LogP contribution in [0.25, 0.3) is 10.6 Å². The summed E-state index contributed by atoms with van der Waals surface area (Å²) < 4.78 is 32.5. The molecule has 3 aromatic heterocycles. The molecule has 2 aliphatic rings. The van der Waals surface area contributed by atoms with E-state index in [4.69, 9.17) is 4.74 Å². The minimum absolute atomic E-state index is 0.0108. The fourth-order valence-electron chi connectivity index (χ4n) is 3.71. The summed E-state index contributed by atoms with van der Waals surface area (Å²) in [5, 5.41) is 3.20. The zero-order valence-electron chi connectivity index (χ0n) is 18.9. The quantitative estimate of drug-likeness (QED) is 0.450. The first-order chi connectivity index (χ1) is 16.9. The number of nitrogens with zero attached hydrogens (tertiary/aromatic N) is 6.